The van der Waals surface area contributed by atoms with E-state index in [0.29, 0.717) is 12.3 Å². The van der Waals surface area contributed by atoms with Gasteiger partial charge in [0, 0.05) is 23.5 Å². The maximum atomic E-state index is 11.9. The van der Waals surface area contributed by atoms with E-state index in [2.05, 4.69) is 16.0 Å². The van der Waals surface area contributed by atoms with Crippen molar-refractivity contribution < 1.29 is 14.3 Å². The van der Waals surface area contributed by atoms with Crippen LogP contribution in [-0.2, 0) is 4.74 Å². The molecule has 2 rings (SSSR count). The van der Waals surface area contributed by atoms with Gasteiger partial charge in [-0.05, 0) is 52.6 Å². The van der Waals surface area contributed by atoms with Crippen molar-refractivity contribution in [2.75, 3.05) is 27.2 Å². The molecular formula is C17H23N2O3. The van der Waals surface area contributed by atoms with Crippen LogP contribution in [0.15, 0.2) is 18.2 Å². The maximum absolute atomic E-state index is 11.9. The largest absolute Gasteiger partial charge is 0.494 e. The average molecular weight is 303 g/mol. The molecule has 1 aromatic heterocycles. The lowest BCUT2D eigenvalue weighted by molar-refractivity contribution is 0.0371. The average Bonchev–Trinajstić information content (AvgIpc) is 2.86. The van der Waals surface area contributed by atoms with Crippen LogP contribution in [0.3, 0.4) is 0 Å². The van der Waals surface area contributed by atoms with E-state index in [1.807, 2.05) is 46.1 Å². The molecule has 0 bridgehead atoms. The Morgan fingerprint density at radius 2 is 2.14 bits per heavy atom. The van der Waals surface area contributed by atoms with Crippen molar-refractivity contribution in [3.63, 3.8) is 0 Å². The van der Waals surface area contributed by atoms with Gasteiger partial charge in [0.05, 0.1) is 12.7 Å². The van der Waals surface area contributed by atoms with Gasteiger partial charge in [-0.15, -0.1) is 0 Å². The van der Waals surface area contributed by atoms with Gasteiger partial charge in [0.15, 0.2) is 0 Å². The van der Waals surface area contributed by atoms with Gasteiger partial charge < -0.3 is 19.4 Å². The van der Waals surface area contributed by atoms with Crippen molar-refractivity contribution in [3.8, 4) is 5.75 Å². The number of benzene rings is 1. The Kier molecular flexibility index (Phi) is 5.44. The monoisotopic (exact) mass is 303 g/mol. The van der Waals surface area contributed by atoms with E-state index in [1.54, 1.807) is 0 Å². The van der Waals surface area contributed by atoms with E-state index in [4.69, 9.17) is 9.47 Å². The SMILES string of the molecule is CC(C)OC(=O)c1[c]c2cc(OCCCN(C)C)ccc2[nH]1. The van der Waals surface area contributed by atoms with Gasteiger partial charge >= 0.3 is 5.97 Å². The molecule has 0 atom stereocenters. The number of carbonyl (C=O) groups is 1. The Morgan fingerprint density at radius 1 is 1.36 bits per heavy atom. The van der Waals surface area contributed by atoms with Gasteiger partial charge in [-0.1, -0.05) is 0 Å². The van der Waals surface area contributed by atoms with E-state index < -0.39 is 0 Å². The molecule has 2 aromatic rings. The van der Waals surface area contributed by atoms with Crippen LogP contribution < -0.4 is 4.74 Å². The highest BCUT2D eigenvalue weighted by molar-refractivity contribution is 5.94. The van der Waals surface area contributed by atoms with E-state index in [9.17, 15) is 4.79 Å². The van der Waals surface area contributed by atoms with Crippen LogP contribution in [0.4, 0.5) is 0 Å². The number of hydrogen-bond donors (Lipinski definition) is 1. The van der Waals surface area contributed by atoms with Crippen molar-refractivity contribution >= 4 is 16.9 Å². The number of fused-ring (bicyclic) bond motifs is 1. The fourth-order valence-corrected chi connectivity index (χ4v) is 2.07. The number of rotatable bonds is 7. The smallest absolute Gasteiger partial charge is 0.355 e. The summed E-state index contributed by atoms with van der Waals surface area (Å²) in [6, 6.07) is 8.69. The second kappa shape index (κ2) is 7.31. The molecule has 5 heteroatoms. The number of nitrogens with one attached hydrogen (secondary N) is 1. The number of carbonyl (C=O) groups excluding carboxylic acids is 1. The molecule has 0 spiro atoms. The van der Waals surface area contributed by atoms with Gasteiger partial charge in [-0.2, -0.15) is 0 Å². The molecule has 0 aliphatic carbocycles. The molecule has 1 radical (unpaired) electrons. The lowest BCUT2D eigenvalue weighted by atomic mass is 10.2. The van der Waals surface area contributed by atoms with E-state index in [-0.39, 0.29) is 12.1 Å². The molecule has 0 saturated carbocycles. The maximum Gasteiger partial charge on any atom is 0.355 e. The minimum Gasteiger partial charge on any atom is -0.494 e. The van der Waals surface area contributed by atoms with Crippen LogP contribution in [0.5, 0.6) is 5.75 Å². The van der Waals surface area contributed by atoms with Gasteiger partial charge in [0.2, 0.25) is 0 Å². The van der Waals surface area contributed by atoms with Crippen molar-refractivity contribution in [1.82, 2.24) is 9.88 Å². The fraction of sp³-hybridized carbons (Fsp3) is 0.471. The number of esters is 1. The van der Waals surface area contributed by atoms with Gasteiger partial charge in [-0.25, -0.2) is 4.79 Å². The number of hydrogen-bond acceptors (Lipinski definition) is 4. The molecule has 1 heterocycles. The highest BCUT2D eigenvalue weighted by Gasteiger charge is 2.13. The number of H-pyrrole nitrogens is 1. The molecule has 5 nitrogen and oxygen atoms in total. The van der Waals surface area contributed by atoms with Gasteiger partial charge in [0.1, 0.15) is 11.4 Å². The third kappa shape index (κ3) is 4.49. The number of aromatic amines is 1. The van der Waals surface area contributed by atoms with Gasteiger partial charge in [-0.3, -0.25) is 0 Å². The Morgan fingerprint density at radius 3 is 2.82 bits per heavy atom. The van der Waals surface area contributed by atoms with Crippen LogP contribution in [0, 0.1) is 6.07 Å². The molecule has 1 N–H and O–H groups in total. The highest BCUT2D eigenvalue weighted by Crippen LogP contribution is 2.22. The zero-order valence-electron chi connectivity index (χ0n) is 13.6. The standard InChI is InChI=1S/C17H23N2O3/c1-12(2)22-17(20)16-11-13-10-14(6-7-15(13)18-16)21-9-5-8-19(3)4/h6-7,10,12,18H,5,8-9H2,1-4H3. The van der Waals surface area contributed by atoms with E-state index >= 15 is 0 Å². The summed E-state index contributed by atoms with van der Waals surface area (Å²) in [5.41, 5.74) is 1.19. The van der Waals surface area contributed by atoms with Crippen molar-refractivity contribution in [2.24, 2.45) is 0 Å². The minimum atomic E-state index is -0.389. The molecule has 0 aliphatic heterocycles. The predicted octanol–water partition coefficient (Wildman–Crippen LogP) is 2.86. The van der Waals surface area contributed by atoms with Gasteiger partial charge in [0.25, 0.3) is 0 Å². The normalized spacial score (nSPS) is 11.4. The predicted molar refractivity (Wildman–Crippen MR) is 86.4 cm³/mol. The number of aromatic nitrogens is 1. The second-order valence-corrected chi connectivity index (χ2v) is 5.79. The van der Waals surface area contributed by atoms with Crippen LogP contribution in [0.2, 0.25) is 0 Å². The van der Waals surface area contributed by atoms with Crippen molar-refractivity contribution in [3.05, 3.63) is 30.0 Å². The van der Waals surface area contributed by atoms with Crippen LogP contribution in [0.25, 0.3) is 10.9 Å². The molecule has 0 aliphatic rings. The molecule has 0 fully saturated rings. The zero-order chi connectivity index (χ0) is 16.1. The molecular weight excluding hydrogens is 280 g/mol. The Hall–Kier alpha value is -2.01. The first-order valence-electron chi connectivity index (χ1n) is 7.49. The van der Waals surface area contributed by atoms with Crippen molar-refractivity contribution in [2.45, 2.75) is 26.4 Å². The summed E-state index contributed by atoms with van der Waals surface area (Å²) < 4.78 is 10.9. The van der Waals surface area contributed by atoms with E-state index in [0.717, 1.165) is 29.6 Å². The molecule has 0 saturated heterocycles. The number of nitrogens with zero attached hydrogens (tertiary/aromatic N) is 1. The first-order valence-corrected chi connectivity index (χ1v) is 7.49. The summed E-state index contributed by atoms with van der Waals surface area (Å²) >= 11 is 0. The van der Waals surface area contributed by atoms with Crippen LogP contribution in [-0.4, -0.2) is 49.2 Å². The zero-order valence-corrected chi connectivity index (χ0v) is 13.6. The Labute approximate surface area is 131 Å². The summed E-state index contributed by atoms with van der Waals surface area (Å²) in [4.78, 5) is 17.0. The second-order valence-electron chi connectivity index (χ2n) is 5.79. The number of ether oxygens (including phenoxy) is 2. The molecule has 1 aromatic carbocycles. The molecule has 22 heavy (non-hydrogen) atoms. The summed E-state index contributed by atoms with van der Waals surface area (Å²) in [6.07, 6.45) is 0.816. The summed E-state index contributed by atoms with van der Waals surface area (Å²) in [5, 5.41) is 0.820. The third-order valence-corrected chi connectivity index (χ3v) is 3.08. The first-order chi connectivity index (χ1) is 10.5. The fourth-order valence-electron chi connectivity index (χ4n) is 2.07. The topological polar surface area (TPSA) is 54.6 Å². The lowest BCUT2D eigenvalue weighted by Crippen LogP contribution is -2.15. The minimum absolute atomic E-state index is 0.150. The summed E-state index contributed by atoms with van der Waals surface area (Å²) in [6.45, 7) is 5.29. The van der Waals surface area contributed by atoms with Crippen LogP contribution in [0.1, 0.15) is 30.8 Å². The lowest BCUT2D eigenvalue weighted by Gasteiger charge is -2.10. The quantitative estimate of drug-likeness (QED) is 0.631. The highest BCUT2D eigenvalue weighted by atomic mass is 16.5. The Bertz CT molecular complexity index is 632. The molecule has 0 unspecified atom stereocenters. The van der Waals surface area contributed by atoms with Crippen LogP contribution >= 0.6 is 0 Å². The Balaban J connectivity index is 2.02. The third-order valence-electron chi connectivity index (χ3n) is 3.08. The first kappa shape index (κ1) is 16.4. The molecule has 0 amide bonds. The van der Waals surface area contributed by atoms with Crippen molar-refractivity contribution in [1.29, 1.82) is 0 Å². The summed E-state index contributed by atoms with van der Waals surface area (Å²) in [5.74, 6) is 0.393. The van der Waals surface area contributed by atoms with E-state index in [1.165, 1.54) is 0 Å². The summed E-state index contributed by atoms with van der Waals surface area (Å²) in [7, 11) is 4.08. The molecule has 119 valence electrons.